The Kier molecular flexibility index (Phi) is 4.57. The Bertz CT molecular complexity index is 571. The minimum absolute atomic E-state index is 0.248. The van der Waals surface area contributed by atoms with Crippen LogP contribution in [-0.4, -0.2) is 36.9 Å². The van der Waals surface area contributed by atoms with Crippen molar-refractivity contribution < 1.29 is 14.4 Å². The lowest BCUT2D eigenvalue weighted by molar-refractivity contribution is -0.131. The van der Waals surface area contributed by atoms with Gasteiger partial charge in [0.2, 0.25) is 17.7 Å². The number of likely N-dealkylation sites (N-methyl/N-ethyl adjacent to an activating group) is 1. The summed E-state index contributed by atoms with van der Waals surface area (Å²) in [7, 11) is 1.53. The lowest BCUT2D eigenvalue weighted by Crippen LogP contribution is -2.55. The minimum Gasteiger partial charge on any atom is -0.357 e. The Morgan fingerprint density at radius 2 is 1.81 bits per heavy atom. The maximum absolute atomic E-state index is 12.2. The highest BCUT2D eigenvalue weighted by atomic mass is 16.2. The summed E-state index contributed by atoms with van der Waals surface area (Å²) in [6, 6.07) is 6.34. The van der Waals surface area contributed by atoms with E-state index in [0.29, 0.717) is 12.8 Å². The third-order valence-electron chi connectivity index (χ3n) is 3.54. The largest absolute Gasteiger partial charge is 0.357 e. The van der Waals surface area contributed by atoms with Crippen LogP contribution in [0.1, 0.15) is 18.1 Å². The van der Waals surface area contributed by atoms with Crippen molar-refractivity contribution in [2.75, 3.05) is 7.05 Å². The van der Waals surface area contributed by atoms with Crippen LogP contribution in [-0.2, 0) is 27.2 Å². The van der Waals surface area contributed by atoms with Crippen molar-refractivity contribution in [2.24, 2.45) is 0 Å². The van der Waals surface area contributed by atoms with Gasteiger partial charge in [0.15, 0.2) is 0 Å². The van der Waals surface area contributed by atoms with Gasteiger partial charge >= 0.3 is 0 Å². The zero-order chi connectivity index (χ0) is 15.4. The Morgan fingerprint density at radius 3 is 2.38 bits per heavy atom. The van der Waals surface area contributed by atoms with Crippen LogP contribution in [0.4, 0.5) is 0 Å². The second-order valence-corrected chi connectivity index (χ2v) is 5.11. The number of nitrogens with one attached hydrogen (secondary N) is 3. The van der Waals surface area contributed by atoms with E-state index in [1.54, 1.807) is 0 Å². The molecule has 1 aromatic rings. The van der Waals surface area contributed by atoms with Gasteiger partial charge in [0.05, 0.1) is 0 Å². The first-order valence-corrected chi connectivity index (χ1v) is 6.87. The van der Waals surface area contributed by atoms with Gasteiger partial charge in [-0.1, -0.05) is 24.3 Å². The summed E-state index contributed by atoms with van der Waals surface area (Å²) in [5, 5.41) is 7.88. The SMILES string of the molecule is CNC(=O)[C@@H]1Cc2ccccc2C[C@H](NC(C)=O)C(=O)N1. The van der Waals surface area contributed by atoms with E-state index in [1.807, 2.05) is 24.3 Å². The molecule has 0 radical (unpaired) electrons. The van der Waals surface area contributed by atoms with Crippen LogP contribution < -0.4 is 16.0 Å². The molecule has 1 aliphatic heterocycles. The second-order valence-electron chi connectivity index (χ2n) is 5.11. The third kappa shape index (κ3) is 3.59. The second kappa shape index (κ2) is 6.39. The quantitative estimate of drug-likeness (QED) is 0.687. The van der Waals surface area contributed by atoms with E-state index in [1.165, 1.54) is 14.0 Å². The van der Waals surface area contributed by atoms with Gasteiger partial charge in [-0.15, -0.1) is 0 Å². The number of hydrogen-bond donors (Lipinski definition) is 3. The normalized spacial score (nSPS) is 21.3. The molecule has 6 nitrogen and oxygen atoms in total. The highest BCUT2D eigenvalue weighted by molar-refractivity contribution is 5.92. The van der Waals surface area contributed by atoms with Crippen LogP contribution in [0.5, 0.6) is 0 Å². The number of carbonyl (C=O) groups excluding carboxylic acids is 3. The van der Waals surface area contributed by atoms with E-state index in [-0.39, 0.29) is 17.7 Å². The average Bonchev–Trinajstić information content (AvgIpc) is 2.44. The number of rotatable bonds is 2. The van der Waals surface area contributed by atoms with Crippen LogP contribution in [0, 0.1) is 0 Å². The molecule has 0 fully saturated rings. The van der Waals surface area contributed by atoms with Gasteiger partial charge in [0.1, 0.15) is 12.1 Å². The molecule has 1 aliphatic rings. The number of hydrogen-bond acceptors (Lipinski definition) is 3. The van der Waals surface area contributed by atoms with Crippen molar-refractivity contribution in [2.45, 2.75) is 31.8 Å². The van der Waals surface area contributed by atoms with Crippen LogP contribution in [0.2, 0.25) is 0 Å². The fourth-order valence-corrected chi connectivity index (χ4v) is 2.51. The lowest BCUT2D eigenvalue weighted by Gasteiger charge is -2.27. The van der Waals surface area contributed by atoms with Crippen LogP contribution in [0.3, 0.4) is 0 Å². The van der Waals surface area contributed by atoms with Gasteiger partial charge in [-0.2, -0.15) is 0 Å². The molecule has 0 saturated carbocycles. The molecule has 0 aliphatic carbocycles. The van der Waals surface area contributed by atoms with Gasteiger partial charge in [-0.3, -0.25) is 14.4 Å². The Labute approximate surface area is 123 Å². The molecule has 6 heteroatoms. The highest BCUT2D eigenvalue weighted by Crippen LogP contribution is 2.16. The first-order chi connectivity index (χ1) is 10.0. The van der Waals surface area contributed by atoms with Crippen LogP contribution in [0.25, 0.3) is 0 Å². The van der Waals surface area contributed by atoms with Crippen LogP contribution in [0.15, 0.2) is 24.3 Å². The van der Waals surface area contributed by atoms with E-state index in [0.717, 1.165) is 11.1 Å². The van der Waals surface area contributed by atoms with Gasteiger partial charge < -0.3 is 16.0 Å². The minimum atomic E-state index is -0.670. The van der Waals surface area contributed by atoms with E-state index in [2.05, 4.69) is 16.0 Å². The summed E-state index contributed by atoms with van der Waals surface area (Å²) in [6.07, 6.45) is 0.858. The number of carbonyl (C=O) groups is 3. The summed E-state index contributed by atoms with van der Waals surface area (Å²) in [4.78, 5) is 35.4. The van der Waals surface area contributed by atoms with Gasteiger partial charge in [-0.05, 0) is 11.1 Å². The van der Waals surface area contributed by atoms with Crippen molar-refractivity contribution in [3.8, 4) is 0 Å². The zero-order valence-corrected chi connectivity index (χ0v) is 12.1. The molecule has 3 N–H and O–H groups in total. The summed E-state index contributed by atoms with van der Waals surface area (Å²) < 4.78 is 0. The predicted molar refractivity (Wildman–Crippen MR) is 77.5 cm³/mol. The Hall–Kier alpha value is -2.37. The fourth-order valence-electron chi connectivity index (χ4n) is 2.51. The molecule has 0 aromatic heterocycles. The smallest absolute Gasteiger partial charge is 0.243 e. The van der Waals surface area contributed by atoms with Gasteiger partial charge in [0, 0.05) is 26.8 Å². The first-order valence-electron chi connectivity index (χ1n) is 6.87. The average molecular weight is 289 g/mol. The fraction of sp³-hybridized carbons (Fsp3) is 0.400. The first kappa shape index (κ1) is 15.0. The molecule has 0 saturated heterocycles. The molecule has 21 heavy (non-hydrogen) atoms. The summed E-state index contributed by atoms with van der Waals surface area (Å²) in [5.74, 6) is -0.861. The molecule has 0 unspecified atom stereocenters. The van der Waals surface area contributed by atoms with Crippen molar-refractivity contribution in [1.82, 2.24) is 16.0 Å². The number of benzene rings is 1. The zero-order valence-electron chi connectivity index (χ0n) is 12.1. The Morgan fingerprint density at radius 1 is 1.19 bits per heavy atom. The Balaban J connectivity index is 2.35. The van der Waals surface area contributed by atoms with Crippen molar-refractivity contribution in [3.05, 3.63) is 35.4 Å². The van der Waals surface area contributed by atoms with Crippen molar-refractivity contribution >= 4 is 17.7 Å². The highest BCUT2D eigenvalue weighted by Gasteiger charge is 2.29. The molecular formula is C15H19N3O3. The van der Waals surface area contributed by atoms with Crippen molar-refractivity contribution in [3.63, 3.8) is 0 Å². The van der Waals surface area contributed by atoms with Crippen molar-refractivity contribution in [1.29, 1.82) is 0 Å². The van der Waals surface area contributed by atoms with Gasteiger partial charge in [-0.25, -0.2) is 0 Å². The molecule has 0 bridgehead atoms. The molecule has 112 valence electrons. The van der Waals surface area contributed by atoms with E-state index in [9.17, 15) is 14.4 Å². The topological polar surface area (TPSA) is 87.3 Å². The molecule has 2 atom stereocenters. The molecule has 3 amide bonds. The molecule has 1 heterocycles. The third-order valence-corrected chi connectivity index (χ3v) is 3.54. The van der Waals surface area contributed by atoms with E-state index < -0.39 is 12.1 Å². The number of fused-ring (bicyclic) bond motifs is 1. The monoisotopic (exact) mass is 289 g/mol. The molecule has 1 aromatic carbocycles. The summed E-state index contributed by atoms with van der Waals surface area (Å²) in [5.41, 5.74) is 1.97. The van der Waals surface area contributed by atoms with Crippen LogP contribution >= 0.6 is 0 Å². The lowest BCUT2D eigenvalue weighted by atomic mass is 9.92. The maximum atomic E-state index is 12.2. The van der Waals surface area contributed by atoms with Gasteiger partial charge in [0.25, 0.3) is 0 Å². The predicted octanol–water partition coefficient (Wildman–Crippen LogP) is -0.479. The molecule has 0 spiro atoms. The molecular weight excluding hydrogens is 270 g/mol. The maximum Gasteiger partial charge on any atom is 0.243 e. The summed E-state index contributed by atoms with van der Waals surface area (Å²) in [6.45, 7) is 1.37. The number of amides is 3. The van der Waals surface area contributed by atoms with E-state index >= 15 is 0 Å². The molecule has 2 rings (SSSR count). The standard InChI is InChI=1S/C15H19N3O3/c1-9(19)17-13-8-11-6-4-3-5-10(11)7-12(14(20)16-2)18-15(13)21/h3-6,12-13H,7-8H2,1-2H3,(H,16,20)(H,17,19)(H,18,21)/t12-,13-/m0/s1. The van der Waals surface area contributed by atoms with E-state index in [4.69, 9.17) is 0 Å². The summed E-state index contributed by atoms with van der Waals surface area (Å²) >= 11 is 0.